The molecule has 2 aromatic carbocycles. The Balaban J connectivity index is 1.30. The maximum Gasteiger partial charge on any atom is 0.228 e. The van der Waals surface area contributed by atoms with Gasteiger partial charge in [0.15, 0.2) is 0 Å². The van der Waals surface area contributed by atoms with E-state index in [0.29, 0.717) is 18.5 Å². The van der Waals surface area contributed by atoms with Crippen LogP contribution in [0.3, 0.4) is 0 Å². The fraction of sp³-hybridized carbons (Fsp3) is 0.360. The van der Waals surface area contributed by atoms with Crippen molar-refractivity contribution in [3.63, 3.8) is 0 Å². The summed E-state index contributed by atoms with van der Waals surface area (Å²) in [7, 11) is 0. The third-order valence-electron chi connectivity index (χ3n) is 6.34. The van der Waals surface area contributed by atoms with Gasteiger partial charge in [0, 0.05) is 28.8 Å². The molecule has 1 fully saturated rings. The van der Waals surface area contributed by atoms with Gasteiger partial charge in [0.25, 0.3) is 0 Å². The molecule has 0 aromatic heterocycles. The highest BCUT2D eigenvalue weighted by molar-refractivity contribution is 5.95. The standard InChI is InChI=1S/C25H29N3O3/c29-24(22-8-4-5-9-23(22)25(30)31)26-20-10-12-21(13-11-20)28-16-14-27(15-17-28)18-19-6-2-1-3-7-19/h1-7,10-13,22-23H,8-9,14-18H2,(H,26,29)(H,30,31)/t22-,23+/m0/s1. The Labute approximate surface area is 183 Å². The van der Waals surface area contributed by atoms with Crippen LogP contribution in [0.15, 0.2) is 66.7 Å². The molecule has 1 heterocycles. The summed E-state index contributed by atoms with van der Waals surface area (Å²) in [4.78, 5) is 27.9. The highest BCUT2D eigenvalue weighted by atomic mass is 16.4. The molecule has 1 aliphatic carbocycles. The molecule has 6 nitrogen and oxygen atoms in total. The Kier molecular flexibility index (Phi) is 6.67. The molecule has 31 heavy (non-hydrogen) atoms. The number of allylic oxidation sites excluding steroid dienone is 2. The molecule has 1 saturated heterocycles. The molecule has 2 N–H and O–H groups in total. The number of aliphatic carboxylic acids is 1. The number of hydrogen-bond donors (Lipinski definition) is 2. The second-order valence-electron chi connectivity index (χ2n) is 8.41. The smallest absolute Gasteiger partial charge is 0.228 e. The fourth-order valence-corrected chi connectivity index (χ4v) is 4.50. The second-order valence-corrected chi connectivity index (χ2v) is 8.41. The van der Waals surface area contributed by atoms with E-state index in [2.05, 4.69) is 40.5 Å². The zero-order chi connectivity index (χ0) is 21.6. The van der Waals surface area contributed by atoms with Crippen molar-refractivity contribution in [2.75, 3.05) is 36.4 Å². The summed E-state index contributed by atoms with van der Waals surface area (Å²) in [6.07, 6.45) is 4.45. The van der Waals surface area contributed by atoms with Gasteiger partial charge in [-0.3, -0.25) is 4.79 Å². The van der Waals surface area contributed by atoms with Crippen LogP contribution in [0.25, 0.3) is 0 Å². The highest BCUT2D eigenvalue weighted by Gasteiger charge is 2.30. The minimum Gasteiger partial charge on any atom is -0.550 e. The number of carbonyl (C=O) groups excluding carboxylic acids is 2. The average Bonchev–Trinajstić information content (AvgIpc) is 2.81. The van der Waals surface area contributed by atoms with E-state index in [1.165, 1.54) is 5.56 Å². The third kappa shape index (κ3) is 5.33. The first-order valence-electron chi connectivity index (χ1n) is 11.0. The van der Waals surface area contributed by atoms with E-state index in [4.69, 9.17) is 0 Å². The van der Waals surface area contributed by atoms with Crippen molar-refractivity contribution in [1.82, 2.24) is 0 Å². The van der Waals surface area contributed by atoms with Gasteiger partial charge < -0.3 is 25.0 Å². The summed E-state index contributed by atoms with van der Waals surface area (Å²) < 4.78 is 0. The summed E-state index contributed by atoms with van der Waals surface area (Å²) in [5, 5.41) is 14.2. The topological polar surface area (TPSA) is 76.9 Å². The van der Waals surface area contributed by atoms with Crippen LogP contribution in [-0.4, -0.2) is 38.1 Å². The zero-order valence-corrected chi connectivity index (χ0v) is 17.6. The van der Waals surface area contributed by atoms with Crippen molar-refractivity contribution in [3.05, 3.63) is 72.3 Å². The summed E-state index contributed by atoms with van der Waals surface area (Å²) in [5.41, 5.74) is 3.21. The molecule has 0 unspecified atom stereocenters. The number of carbonyl (C=O) groups is 2. The number of rotatable bonds is 6. The summed E-state index contributed by atoms with van der Waals surface area (Å²) in [6, 6.07) is 18.4. The van der Waals surface area contributed by atoms with Crippen molar-refractivity contribution in [2.24, 2.45) is 11.8 Å². The first-order chi connectivity index (χ1) is 15.1. The molecule has 4 rings (SSSR count). The molecule has 162 valence electrons. The Morgan fingerprint density at radius 3 is 2.23 bits per heavy atom. The number of nitrogens with zero attached hydrogens (tertiary/aromatic N) is 1. The monoisotopic (exact) mass is 419 g/mol. The van der Waals surface area contributed by atoms with E-state index in [1.807, 2.05) is 30.3 Å². The molecule has 0 saturated carbocycles. The number of nitrogens with one attached hydrogen (secondary N) is 2. The molecule has 2 atom stereocenters. The van der Waals surface area contributed by atoms with Crippen molar-refractivity contribution >= 4 is 23.3 Å². The summed E-state index contributed by atoms with van der Waals surface area (Å²) >= 11 is 0. The van der Waals surface area contributed by atoms with E-state index in [9.17, 15) is 14.7 Å². The Bertz CT molecular complexity index is 919. The first kappa shape index (κ1) is 21.1. The molecule has 0 bridgehead atoms. The predicted molar refractivity (Wildman–Crippen MR) is 118 cm³/mol. The molecule has 1 amide bonds. The largest absolute Gasteiger partial charge is 0.550 e. The molecule has 2 aliphatic rings. The van der Waals surface area contributed by atoms with E-state index >= 15 is 0 Å². The lowest BCUT2D eigenvalue weighted by molar-refractivity contribution is -0.914. The van der Waals surface area contributed by atoms with Crippen molar-refractivity contribution in [2.45, 2.75) is 19.4 Å². The maximum absolute atomic E-state index is 12.6. The van der Waals surface area contributed by atoms with E-state index in [-0.39, 0.29) is 5.91 Å². The minimum atomic E-state index is -1.16. The van der Waals surface area contributed by atoms with Crippen LogP contribution in [0.4, 0.5) is 11.4 Å². The Morgan fingerprint density at radius 1 is 0.935 bits per heavy atom. The van der Waals surface area contributed by atoms with Gasteiger partial charge in [-0.2, -0.15) is 0 Å². The molecule has 1 aliphatic heterocycles. The van der Waals surface area contributed by atoms with Gasteiger partial charge in [0.1, 0.15) is 6.54 Å². The quantitative estimate of drug-likeness (QED) is 0.681. The van der Waals surface area contributed by atoms with Crippen LogP contribution in [-0.2, 0) is 16.1 Å². The SMILES string of the molecule is O=C(Nc1ccc(N2CC[NH+](Cc3ccccc3)CC2)cc1)[C@H]1CC=CC[C@H]1C(=O)[O-]. The number of carboxylic acid groups (broad SMARTS) is 1. The molecular weight excluding hydrogens is 390 g/mol. The maximum atomic E-state index is 12.6. The lowest BCUT2D eigenvalue weighted by Crippen LogP contribution is -3.13. The van der Waals surface area contributed by atoms with Crippen LogP contribution in [0.2, 0.25) is 0 Å². The summed E-state index contributed by atoms with van der Waals surface area (Å²) in [6.45, 7) is 5.23. The Hall–Kier alpha value is -3.12. The van der Waals surface area contributed by atoms with Crippen LogP contribution >= 0.6 is 0 Å². The molecule has 0 radical (unpaired) electrons. The van der Waals surface area contributed by atoms with E-state index in [0.717, 1.165) is 38.4 Å². The molecular formula is C25H29N3O3. The number of hydrogen-bond acceptors (Lipinski definition) is 4. The Morgan fingerprint density at radius 2 is 1.58 bits per heavy atom. The van der Waals surface area contributed by atoms with E-state index < -0.39 is 17.8 Å². The van der Waals surface area contributed by atoms with Gasteiger partial charge >= 0.3 is 0 Å². The van der Waals surface area contributed by atoms with Gasteiger partial charge in [0.2, 0.25) is 5.91 Å². The number of benzene rings is 2. The van der Waals surface area contributed by atoms with E-state index in [1.54, 1.807) is 11.0 Å². The van der Waals surface area contributed by atoms with Gasteiger partial charge in [0.05, 0.1) is 32.1 Å². The first-order valence-corrected chi connectivity index (χ1v) is 11.0. The normalized spacial score (nSPS) is 21.6. The van der Waals surface area contributed by atoms with Gasteiger partial charge in [-0.15, -0.1) is 0 Å². The highest BCUT2D eigenvalue weighted by Crippen LogP contribution is 2.27. The second kappa shape index (κ2) is 9.79. The molecule has 0 spiro atoms. The zero-order valence-electron chi connectivity index (χ0n) is 17.6. The summed E-state index contributed by atoms with van der Waals surface area (Å²) in [5.74, 6) is -2.77. The fourth-order valence-electron chi connectivity index (χ4n) is 4.50. The van der Waals surface area contributed by atoms with Gasteiger partial charge in [-0.1, -0.05) is 42.5 Å². The molecule has 6 heteroatoms. The number of carboxylic acids is 1. The average molecular weight is 420 g/mol. The lowest BCUT2D eigenvalue weighted by atomic mass is 9.82. The molecule has 2 aromatic rings. The number of anilines is 2. The van der Waals surface area contributed by atoms with Crippen LogP contribution in [0, 0.1) is 11.8 Å². The van der Waals surface area contributed by atoms with Crippen LogP contribution in [0.5, 0.6) is 0 Å². The van der Waals surface area contributed by atoms with Gasteiger partial charge in [-0.25, -0.2) is 0 Å². The van der Waals surface area contributed by atoms with Crippen molar-refractivity contribution in [3.8, 4) is 0 Å². The number of piperazine rings is 1. The van der Waals surface area contributed by atoms with Gasteiger partial charge in [-0.05, 0) is 37.1 Å². The number of amides is 1. The minimum absolute atomic E-state index is 0.260. The van der Waals surface area contributed by atoms with Crippen LogP contribution < -0.4 is 20.2 Å². The van der Waals surface area contributed by atoms with Crippen LogP contribution in [0.1, 0.15) is 18.4 Å². The lowest BCUT2D eigenvalue weighted by Gasteiger charge is -2.33. The number of quaternary nitrogens is 1. The van der Waals surface area contributed by atoms with Crippen molar-refractivity contribution in [1.29, 1.82) is 0 Å². The van der Waals surface area contributed by atoms with Crippen molar-refractivity contribution < 1.29 is 19.6 Å². The predicted octanol–water partition coefficient (Wildman–Crippen LogP) is 0.863. The third-order valence-corrected chi connectivity index (χ3v) is 6.34.